The summed E-state index contributed by atoms with van der Waals surface area (Å²) in [5, 5.41) is 4.01. The van der Waals surface area contributed by atoms with Gasteiger partial charge in [-0.2, -0.15) is 26.3 Å². The Kier molecular flexibility index (Phi) is 7.24. The molecule has 0 aliphatic carbocycles. The monoisotopic (exact) mass is 388 g/mol. The lowest BCUT2D eigenvalue weighted by Gasteiger charge is -2.14. The van der Waals surface area contributed by atoms with E-state index in [1.807, 2.05) is 0 Å². The number of imide groups is 1. The van der Waals surface area contributed by atoms with E-state index >= 15 is 0 Å². The summed E-state index contributed by atoms with van der Waals surface area (Å²) in [5.74, 6) is -1.88. The van der Waals surface area contributed by atoms with Crippen LogP contribution in [0.4, 0.5) is 31.1 Å². The smallest absolute Gasteiger partial charge is 0.416 e. The Morgan fingerprint density at radius 1 is 1.00 bits per heavy atom. The highest BCUT2D eigenvalue weighted by atomic mass is 19.4. The molecule has 2 N–H and O–H groups in total. The molecule has 0 fully saturated rings. The van der Waals surface area contributed by atoms with Gasteiger partial charge in [0.25, 0.3) is 5.91 Å². The SMILES string of the molecule is COCCNC(=O)NC(=O)COc1cc(C(F)(F)F)cc(C(F)(F)F)c1. The fourth-order valence-corrected chi connectivity index (χ4v) is 1.63. The van der Waals surface area contributed by atoms with Crippen molar-refractivity contribution in [3.8, 4) is 5.75 Å². The molecular formula is C14H14F6N2O4. The molecule has 0 saturated heterocycles. The van der Waals surface area contributed by atoms with E-state index in [9.17, 15) is 35.9 Å². The summed E-state index contributed by atoms with van der Waals surface area (Å²) < 4.78 is 85.4. The van der Waals surface area contributed by atoms with Crippen molar-refractivity contribution in [1.29, 1.82) is 0 Å². The molecule has 0 radical (unpaired) electrons. The number of urea groups is 1. The third-order valence-electron chi connectivity index (χ3n) is 2.78. The van der Waals surface area contributed by atoms with E-state index in [2.05, 4.69) is 14.8 Å². The lowest BCUT2D eigenvalue weighted by atomic mass is 10.1. The summed E-state index contributed by atoms with van der Waals surface area (Å²) in [6.45, 7) is -0.710. The molecule has 0 spiro atoms. The Bertz CT molecular complexity index is 613. The van der Waals surface area contributed by atoms with Gasteiger partial charge in [0.1, 0.15) is 5.75 Å². The van der Waals surface area contributed by atoms with Gasteiger partial charge < -0.3 is 14.8 Å². The second kappa shape index (κ2) is 8.74. The van der Waals surface area contributed by atoms with Gasteiger partial charge in [-0.25, -0.2) is 4.79 Å². The molecule has 3 amide bonds. The van der Waals surface area contributed by atoms with Crippen LogP contribution in [0.2, 0.25) is 0 Å². The number of nitrogens with one attached hydrogen (secondary N) is 2. The summed E-state index contributed by atoms with van der Waals surface area (Å²) in [6.07, 6.45) is -10.1. The number of halogens is 6. The first-order valence-electron chi connectivity index (χ1n) is 6.92. The predicted octanol–water partition coefficient (Wildman–Crippen LogP) is 2.58. The highest BCUT2D eigenvalue weighted by molar-refractivity contribution is 5.94. The Labute approximate surface area is 143 Å². The second-order valence-electron chi connectivity index (χ2n) is 4.83. The van der Waals surface area contributed by atoms with Crippen LogP contribution in [0.25, 0.3) is 0 Å². The van der Waals surface area contributed by atoms with Crippen molar-refractivity contribution in [3.05, 3.63) is 29.3 Å². The maximum absolute atomic E-state index is 12.7. The number of benzene rings is 1. The van der Waals surface area contributed by atoms with E-state index in [1.54, 1.807) is 5.32 Å². The Morgan fingerprint density at radius 2 is 1.54 bits per heavy atom. The number of carbonyl (C=O) groups is 2. The van der Waals surface area contributed by atoms with Crippen LogP contribution in [-0.4, -0.2) is 38.8 Å². The Hall–Kier alpha value is -2.50. The number of methoxy groups -OCH3 is 1. The summed E-state index contributed by atoms with van der Waals surface area (Å²) in [7, 11) is 1.38. The van der Waals surface area contributed by atoms with Gasteiger partial charge in [-0.3, -0.25) is 10.1 Å². The molecule has 0 aliphatic rings. The Balaban J connectivity index is 2.77. The Morgan fingerprint density at radius 3 is 2.00 bits per heavy atom. The van der Waals surface area contributed by atoms with Crippen LogP contribution < -0.4 is 15.4 Å². The molecule has 146 valence electrons. The summed E-state index contributed by atoms with van der Waals surface area (Å²) in [4.78, 5) is 22.7. The number of amides is 3. The standard InChI is InChI=1S/C14H14F6N2O4/c1-25-3-2-21-12(24)22-11(23)7-26-10-5-8(13(15,16)17)4-9(6-10)14(18,19)20/h4-6H,2-3,7H2,1H3,(H2,21,22,23,24). The molecule has 0 bridgehead atoms. The zero-order valence-electron chi connectivity index (χ0n) is 13.3. The van der Waals surface area contributed by atoms with Gasteiger partial charge in [-0.05, 0) is 18.2 Å². The number of rotatable bonds is 6. The average Bonchev–Trinajstić information content (AvgIpc) is 2.51. The number of hydrogen-bond donors (Lipinski definition) is 2. The molecule has 0 unspecified atom stereocenters. The van der Waals surface area contributed by atoms with Crippen LogP contribution in [0.5, 0.6) is 5.75 Å². The topological polar surface area (TPSA) is 76.7 Å². The normalized spacial score (nSPS) is 11.8. The zero-order chi connectivity index (χ0) is 20.0. The molecular weight excluding hydrogens is 374 g/mol. The highest BCUT2D eigenvalue weighted by Gasteiger charge is 2.37. The first-order chi connectivity index (χ1) is 11.9. The average molecular weight is 388 g/mol. The summed E-state index contributed by atoms with van der Waals surface area (Å²) in [5.41, 5.74) is -3.17. The minimum atomic E-state index is -5.04. The highest BCUT2D eigenvalue weighted by Crippen LogP contribution is 2.38. The molecule has 0 heterocycles. The number of carbonyl (C=O) groups excluding carboxylic acids is 2. The van der Waals surface area contributed by atoms with Crippen molar-refractivity contribution in [2.45, 2.75) is 12.4 Å². The van der Waals surface area contributed by atoms with Crippen LogP contribution in [0, 0.1) is 0 Å². The van der Waals surface area contributed by atoms with Crippen LogP contribution in [0.15, 0.2) is 18.2 Å². The molecule has 1 rings (SSSR count). The second-order valence-corrected chi connectivity index (χ2v) is 4.83. The summed E-state index contributed by atoms with van der Waals surface area (Å²) in [6, 6.07) is -0.353. The molecule has 0 atom stereocenters. The van der Waals surface area contributed by atoms with Gasteiger partial charge in [-0.1, -0.05) is 0 Å². The van der Waals surface area contributed by atoms with Gasteiger partial charge in [0.15, 0.2) is 6.61 Å². The van der Waals surface area contributed by atoms with Crippen molar-refractivity contribution in [2.75, 3.05) is 26.9 Å². The van der Waals surface area contributed by atoms with Crippen LogP contribution >= 0.6 is 0 Å². The quantitative estimate of drug-likeness (QED) is 0.580. The van der Waals surface area contributed by atoms with Crippen LogP contribution in [0.1, 0.15) is 11.1 Å². The first-order valence-corrected chi connectivity index (χ1v) is 6.92. The predicted molar refractivity (Wildman–Crippen MR) is 75.4 cm³/mol. The zero-order valence-corrected chi connectivity index (χ0v) is 13.3. The number of alkyl halides is 6. The number of hydrogen-bond acceptors (Lipinski definition) is 4. The van der Waals surface area contributed by atoms with Crippen molar-refractivity contribution >= 4 is 11.9 Å². The van der Waals surface area contributed by atoms with E-state index in [0.717, 1.165) is 0 Å². The third-order valence-corrected chi connectivity index (χ3v) is 2.78. The molecule has 1 aromatic carbocycles. The maximum atomic E-state index is 12.7. The molecule has 6 nitrogen and oxygen atoms in total. The van der Waals surface area contributed by atoms with E-state index in [4.69, 9.17) is 0 Å². The van der Waals surface area contributed by atoms with Crippen molar-refractivity contribution in [3.63, 3.8) is 0 Å². The van der Waals surface area contributed by atoms with Gasteiger partial charge in [0.05, 0.1) is 17.7 Å². The maximum Gasteiger partial charge on any atom is 0.416 e. The summed E-state index contributed by atoms with van der Waals surface area (Å²) >= 11 is 0. The van der Waals surface area contributed by atoms with Crippen LogP contribution in [-0.2, 0) is 21.9 Å². The van der Waals surface area contributed by atoms with E-state index < -0.39 is 47.8 Å². The van der Waals surface area contributed by atoms with Crippen molar-refractivity contribution in [2.24, 2.45) is 0 Å². The van der Waals surface area contributed by atoms with Crippen LogP contribution in [0.3, 0.4) is 0 Å². The van der Waals surface area contributed by atoms with E-state index in [-0.39, 0.29) is 19.2 Å². The molecule has 1 aromatic rings. The molecule has 12 heteroatoms. The van der Waals surface area contributed by atoms with Gasteiger partial charge in [-0.15, -0.1) is 0 Å². The largest absolute Gasteiger partial charge is 0.484 e. The first kappa shape index (κ1) is 21.5. The lowest BCUT2D eigenvalue weighted by Crippen LogP contribution is -2.42. The fourth-order valence-electron chi connectivity index (χ4n) is 1.63. The molecule has 0 aliphatic heterocycles. The minimum Gasteiger partial charge on any atom is -0.484 e. The number of ether oxygens (including phenoxy) is 2. The molecule has 26 heavy (non-hydrogen) atoms. The molecule has 0 aromatic heterocycles. The van der Waals surface area contributed by atoms with E-state index in [0.29, 0.717) is 12.1 Å². The van der Waals surface area contributed by atoms with Crippen molar-refractivity contribution < 1.29 is 45.4 Å². The van der Waals surface area contributed by atoms with Gasteiger partial charge >= 0.3 is 18.4 Å². The van der Waals surface area contributed by atoms with Crippen molar-refractivity contribution in [1.82, 2.24) is 10.6 Å². The molecule has 0 saturated carbocycles. The van der Waals surface area contributed by atoms with E-state index in [1.165, 1.54) is 7.11 Å². The van der Waals surface area contributed by atoms with Gasteiger partial charge in [0.2, 0.25) is 0 Å². The lowest BCUT2D eigenvalue weighted by molar-refractivity contribution is -0.143. The fraction of sp³-hybridized carbons (Fsp3) is 0.429. The minimum absolute atomic E-state index is 0.0732. The third kappa shape index (κ3) is 7.17. The van der Waals surface area contributed by atoms with Gasteiger partial charge in [0, 0.05) is 13.7 Å².